The number of nitro benzene ring substituents is 1. The zero-order valence-electron chi connectivity index (χ0n) is 16.4. The number of amides is 1. The molecule has 0 heterocycles. The molecule has 0 aromatic heterocycles. The highest BCUT2D eigenvalue weighted by molar-refractivity contribution is 5.81. The van der Waals surface area contributed by atoms with Gasteiger partial charge in [-0.05, 0) is 25.5 Å². The number of para-hydroxylation sites is 2. The van der Waals surface area contributed by atoms with Crippen molar-refractivity contribution >= 4 is 17.6 Å². The monoisotopic (exact) mass is 400 g/mol. The lowest BCUT2D eigenvalue weighted by Gasteiger charge is -2.26. The Kier molecular flexibility index (Phi) is 8.14. The van der Waals surface area contributed by atoms with Gasteiger partial charge in [0.15, 0.2) is 11.9 Å². The van der Waals surface area contributed by atoms with E-state index in [1.165, 1.54) is 30.0 Å². The van der Waals surface area contributed by atoms with Gasteiger partial charge >= 0.3 is 11.7 Å². The molecule has 1 amide bonds. The van der Waals surface area contributed by atoms with E-state index in [0.29, 0.717) is 0 Å². The van der Waals surface area contributed by atoms with Crippen LogP contribution in [0.2, 0.25) is 0 Å². The Morgan fingerprint density at radius 3 is 2.41 bits per heavy atom. The van der Waals surface area contributed by atoms with Crippen LogP contribution in [-0.2, 0) is 20.9 Å². The molecule has 0 saturated carbocycles. The van der Waals surface area contributed by atoms with Crippen LogP contribution in [0, 0.1) is 10.1 Å². The number of carbonyl (C=O) groups excluding carboxylic acids is 2. The van der Waals surface area contributed by atoms with Gasteiger partial charge in [-0.2, -0.15) is 0 Å². The third-order valence-electron chi connectivity index (χ3n) is 4.13. The molecule has 8 heteroatoms. The molecule has 1 unspecified atom stereocenters. The lowest BCUT2D eigenvalue weighted by Crippen LogP contribution is -2.41. The standard InChI is InChI=1S/C21H24N2O6/c1-3-28-20(24)13-14-22(15-17-9-5-4-6-10-17)21(25)16(2)29-19-12-8-7-11-18(19)23(26)27/h4-12,16H,3,13-15H2,1-2H3. The molecule has 0 fully saturated rings. The maximum absolute atomic E-state index is 13.0. The van der Waals surface area contributed by atoms with Crippen molar-refractivity contribution in [2.45, 2.75) is 32.9 Å². The van der Waals surface area contributed by atoms with Gasteiger partial charge < -0.3 is 14.4 Å². The van der Waals surface area contributed by atoms with Crippen molar-refractivity contribution in [1.82, 2.24) is 4.90 Å². The van der Waals surface area contributed by atoms with Crippen molar-refractivity contribution in [2.24, 2.45) is 0 Å². The van der Waals surface area contributed by atoms with Crippen LogP contribution in [0.15, 0.2) is 54.6 Å². The van der Waals surface area contributed by atoms with E-state index in [0.717, 1.165) is 5.56 Å². The quantitative estimate of drug-likeness (QED) is 0.345. The highest BCUT2D eigenvalue weighted by Gasteiger charge is 2.25. The third-order valence-corrected chi connectivity index (χ3v) is 4.13. The lowest BCUT2D eigenvalue weighted by molar-refractivity contribution is -0.386. The molecule has 2 aromatic rings. The van der Waals surface area contributed by atoms with Gasteiger partial charge in [0, 0.05) is 19.2 Å². The fraction of sp³-hybridized carbons (Fsp3) is 0.333. The van der Waals surface area contributed by atoms with Crippen LogP contribution in [0.1, 0.15) is 25.8 Å². The maximum atomic E-state index is 13.0. The van der Waals surface area contributed by atoms with Crippen LogP contribution in [0.4, 0.5) is 5.69 Å². The summed E-state index contributed by atoms with van der Waals surface area (Å²) >= 11 is 0. The van der Waals surface area contributed by atoms with Crippen molar-refractivity contribution in [1.29, 1.82) is 0 Å². The molecule has 0 aliphatic heterocycles. The van der Waals surface area contributed by atoms with E-state index >= 15 is 0 Å². The number of esters is 1. The Hall–Kier alpha value is -3.42. The SMILES string of the molecule is CCOC(=O)CCN(Cc1ccccc1)C(=O)C(C)Oc1ccccc1[N+](=O)[O-]. The molecule has 0 saturated heterocycles. The number of rotatable bonds is 10. The summed E-state index contributed by atoms with van der Waals surface area (Å²) in [5.74, 6) is -0.759. The predicted molar refractivity (Wildman–Crippen MR) is 106 cm³/mol. The topological polar surface area (TPSA) is 99.0 Å². The molecule has 0 bridgehead atoms. The summed E-state index contributed by atoms with van der Waals surface area (Å²) < 4.78 is 10.5. The highest BCUT2D eigenvalue weighted by Crippen LogP contribution is 2.27. The first-order valence-corrected chi connectivity index (χ1v) is 9.30. The Labute approximate surface area is 169 Å². The van der Waals surface area contributed by atoms with E-state index in [9.17, 15) is 19.7 Å². The summed E-state index contributed by atoms with van der Waals surface area (Å²) in [6, 6.07) is 15.2. The summed E-state index contributed by atoms with van der Waals surface area (Å²) in [5.41, 5.74) is 0.677. The molecule has 2 aromatic carbocycles. The van der Waals surface area contributed by atoms with Crippen LogP contribution in [0.3, 0.4) is 0 Å². The van der Waals surface area contributed by atoms with E-state index in [1.807, 2.05) is 30.3 Å². The molecule has 0 aliphatic rings. The fourth-order valence-corrected chi connectivity index (χ4v) is 2.74. The number of hydrogen-bond acceptors (Lipinski definition) is 6. The highest BCUT2D eigenvalue weighted by atomic mass is 16.6. The van der Waals surface area contributed by atoms with Crippen molar-refractivity contribution in [3.05, 3.63) is 70.3 Å². The van der Waals surface area contributed by atoms with Crippen molar-refractivity contribution in [3.63, 3.8) is 0 Å². The predicted octanol–water partition coefficient (Wildman–Crippen LogP) is 3.34. The maximum Gasteiger partial charge on any atom is 0.310 e. The van der Waals surface area contributed by atoms with Gasteiger partial charge in [0.2, 0.25) is 0 Å². The number of ether oxygens (including phenoxy) is 2. The third kappa shape index (κ3) is 6.60. The Morgan fingerprint density at radius 2 is 1.76 bits per heavy atom. The van der Waals surface area contributed by atoms with Gasteiger partial charge in [-0.15, -0.1) is 0 Å². The molecule has 1 atom stereocenters. The molecule has 0 aliphatic carbocycles. The Morgan fingerprint density at radius 1 is 1.10 bits per heavy atom. The van der Waals surface area contributed by atoms with E-state index in [2.05, 4.69) is 0 Å². The van der Waals surface area contributed by atoms with Crippen LogP contribution >= 0.6 is 0 Å². The molecule has 2 rings (SSSR count). The summed E-state index contributed by atoms with van der Waals surface area (Å²) in [6.07, 6.45) is -0.924. The molecule has 0 radical (unpaired) electrons. The Bertz CT molecular complexity index is 840. The van der Waals surface area contributed by atoms with Crippen LogP contribution in [0.25, 0.3) is 0 Å². The van der Waals surface area contributed by atoms with Crippen LogP contribution < -0.4 is 4.74 Å². The van der Waals surface area contributed by atoms with Gasteiger partial charge in [0.1, 0.15) is 0 Å². The first-order chi connectivity index (χ1) is 13.9. The van der Waals surface area contributed by atoms with Gasteiger partial charge in [-0.1, -0.05) is 42.5 Å². The number of hydrogen-bond donors (Lipinski definition) is 0. The molecular weight excluding hydrogens is 376 g/mol. The van der Waals surface area contributed by atoms with E-state index in [-0.39, 0.29) is 43.5 Å². The van der Waals surface area contributed by atoms with E-state index < -0.39 is 17.0 Å². The van der Waals surface area contributed by atoms with Crippen LogP contribution in [0.5, 0.6) is 5.75 Å². The zero-order chi connectivity index (χ0) is 21.2. The number of nitro groups is 1. The molecule has 0 N–H and O–H groups in total. The average molecular weight is 400 g/mol. The molecule has 8 nitrogen and oxygen atoms in total. The van der Waals surface area contributed by atoms with Gasteiger partial charge in [-0.25, -0.2) is 0 Å². The molecule has 29 heavy (non-hydrogen) atoms. The zero-order valence-corrected chi connectivity index (χ0v) is 16.4. The minimum absolute atomic E-state index is 0.0170. The van der Waals surface area contributed by atoms with E-state index in [1.54, 1.807) is 13.0 Å². The first-order valence-electron chi connectivity index (χ1n) is 9.30. The molecule has 154 valence electrons. The average Bonchev–Trinajstić information content (AvgIpc) is 2.71. The normalized spacial score (nSPS) is 11.4. The fourth-order valence-electron chi connectivity index (χ4n) is 2.74. The molecular formula is C21H24N2O6. The minimum atomic E-state index is -0.970. The summed E-state index contributed by atoms with van der Waals surface area (Å²) in [7, 11) is 0. The van der Waals surface area contributed by atoms with Crippen molar-refractivity contribution in [2.75, 3.05) is 13.2 Å². The summed E-state index contributed by atoms with van der Waals surface area (Å²) in [5, 5.41) is 11.2. The van der Waals surface area contributed by atoms with Crippen molar-refractivity contribution < 1.29 is 24.0 Å². The number of nitrogens with zero attached hydrogens (tertiary/aromatic N) is 2. The number of benzene rings is 2. The lowest BCUT2D eigenvalue weighted by atomic mass is 10.2. The van der Waals surface area contributed by atoms with Gasteiger partial charge in [-0.3, -0.25) is 19.7 Å². The summed E-state index contributed by atoms with van der Waals surface area (Å²) in [6.45, 7) is 3.94. The van der Waals surface area contributed by atoms with Crippen LogP contribution in [-0.4, -0.2) is 41.0 Å². The summed E-state index contributed by atoms with van der Waals surface area (Å²) in [4.78, 5) is 36.8. The second-order valence-corrected chi connectivity index (χ2v) is 6.29. The van der Waals surface area contributed by atoms with Gasteiger partial charge in [0.05, 0.1) is 18.0 Å². The minimum Gasteiger partial charge on any atom is -0.474 e. The number of carbonyl (C=O) groups is 2. The molecule has 0 spiro atoms. The van der Waals surface area contributed by atoms with Crippen molar-refractivity contribution in [3.8, 4) is 5.75 Å². The second kappa shape index (κ2) is 10.8. The first kappa shape index (κ1) is 21.9. The van der Waals surface area contributed by atoms with E-state index in [4.69, 9.17) is 9.47 Å². The Balaban J connectivity index is 2.14. The van der Waals surface area contributed by atoms with Gasteiger partial charge in [0.25, 0.3) is 5.91 Å². The largest absolute Gasteiger partial charge is 0.474 e. The smallest absolute Gasteiger partial charge is 0.310 e. The second-order valence-electron chi connectivity index (χ2n) is 6.29.